The van der Waals surface area contributed by atoms with Gasteiger partial charge in [-0.15, -0.1) is 0 Å². The molecule has 0 saturated heterocycles. The highest BCUT2D eigenvalue weighted by atomic mass is 32.1. The van der Waals surface area contributed by atoms with Crippen LogP contribution in [0.3, 0.4) is 0 Å². The Morgan fingerprint density at radius 1 is 1.45 bits per heavy atom. The van der Waals surface area contributed by atoms with E-state index in [4.69, 9.17) is 9.72 Å². The molecule has 3 heterocycles. The molecule has 4 rings (SSSR count). The smallest absolute Gasteiger partial charge is 0.263 e. The van der Waals surface area contributed by atoms with Gasteiger partial charge in [-0.3, -0.25) is 9.59 Å². The van der Waals surface area contributed by atoms with Gasteiger partial charge >= 0.3 is 0 Å². The number of ether oxygens (including phenoxy) is 1. The van der Waals surface area contributed by atoms with E-state index in [-0.39, 0.29) is 17.4 Å². The zero-order valence-corrected chi connectivity index (χ0v) is 20.0. The number of nitrogens with zero attached hydrogens (tertiary/aromatic N) is 2. The number of carbonyl (C=O) groups is 2. The summed E-state index contributed by atoms with van der Waals surface area (Å²) >= 11 is 1.38. The quantitative estimate of drug-likeness (QED) is 0.532. The van der Waals surface area contributed by atoms with Gasteiger partial charge < -0.3 is 25.4 Å². The van der Waals surface area contributed by atoms with Gasteiger partial charge in [-0.1, -0.05) is 23.5 Å². The van der Waals surface area contributed by atoms with Crippen molar-refractivity contribution in [2.75, 3.05) is 23.4 Å². The number of benzene rings is 1. The summed E-state index contributed by atoms with van der Waals surface area (Å²) in [6.45, 7) is 6.95. The van der Waals surface area contributed by atoms with Gasteiger partial charge in [-0.25, -0.2) is 4.98 Å². The number of nitrogens with one attached hydrogen (secondary N) is 2. The number of fused-ring (bicyclic) bond motifs is 2. The number of rotatable bonds is 7. The third-order valence-corrected chi connectivity index (χ3v) is 6.73. The maximum atomic E-state index is 12.5. The summed E-state index contributed by atoms with van der Waals surface area (Å²) in [4.78, 5) is 32.4. The number of hydrogen-bond acceptors (Lipinski definition) is 7. The number of anilines is 3. The minimum atomic E-state index is -0.519. The highest BCUT2D eigenvalue weighted by Crippen LogP contribution is 2.41. The lowest BCUT2D eigenvalue weighted by atomic mass is 9.94. The van der Waals surface area contributed by atoms with Crippen molar-refractivity contribution in [3.63, 3.8) is 0 Å². The zero-order valence-electron chi connectivity index (χ0n) is 19.2. The predicted molar refractivity (Wildman–Crippen MR) is 130 cm³/mol. The van der Waals surface area contributed by atoms with Gasteiger partial charge in [0.15, 0.2) is 5.13 Å². The molecule has 8 nitrogen and oxygen atoms in total. The maximum Gasteiger partial charge on any atom is 0.263 e. The number of aliphatic hydroxyl groups is 1. The van der Waals surface area contributed by atoms with Gasteiger partial charge in [0.2, 0.25) is 5.91 Å². The standard InChI is InChI=1S/C24H30N4O4S/c1-4-6-16(29)7-5-8-20(30)25-15-9-10-19-18(13-15)28(11-12-32-19)23-26-17-14-24(2,3)27-22(31)21(17)33-23/h4,6,9-10,13,16,29H,5,7-8,11-12,14H2,1-3H3,(H,25,30)(H,27,31)/b6-4+. The van der Waals surface area contributed by atoms with E-state index < -0.39 is 6.10 Å². The monoisotopic (exact) mass is 470 g/mol. The van der Waals surface area contributed by atoms with Crippen molar-refractivity contribution in [2.24, 2.45) is 0 Å². The topological polar surface area (TPSA) is 104 Å². The number of aliphatic hydroxyl groups excluding tert-OH is 1. The van der Waals surface area contributed by atoms with Crippen LogP contribution >= 0.6 is 11.3 Å². The van der Waals surface area contributed by atoms with Crippen LogP contribution in [0.4, 0.5) is 16.5 Å². The van der Waals surface area contributed by atoms with E-state index in [0.717, 1.165) is 16.5 Å². The summed E-state index contributed by atoms with van der Waals surface area (Å²) in [5.74, 6) is 0.528. The van der Waals surface area contributed by atoms with Crippen molar-refractivity contribution in [1.82, 2.24) is 10.3 Å². The molecule has 0 aliphatic carbocycles. The second-order valence-corrected chi connectivity index (χ2v) is 9.98. The lowest BCUT2D eigenvalue weighted by Gasteiger charge is -2.29. The van der Waals surface area contributed by atoms with E-state index in [2.05, 4.69) is 10.6 Å². The van der Waals surface area contributed by atoms with Gasteiger partial charge in [-0.05, 0) is 51.8 Å². The summed E-state index contributed by atoms with van der Waals surface area (Å²) in [7, 11) is 0. The van der Waals surface area contributed by atoms with Gasteiger partial charge in [0, 0.05) is 24.1 Å². The van der Waals surface area contributed by atoms with Crippen LogP contribution < -0.4 is 20.3 Å². The molecule has 1 atom stereocenters. The second-order valence-electron chi connectivity index (χ2n) is 9.00. The van der Waals surface area contributed by atoms with Crippen LogP contribution in [-0.2, 0) is 11.2 Å². The molecule has 2 aromatic rings. The van der Waals surface area contributed by atoms with E-state index in [1.807, 2.05) is 43.9 Å². The fourth-order valence-corrected chi connectivity index (χ4v) is 5.10. The third-order valence-electron chi connectivity index (χ3n) is 5.61. The van der Waals surface area contributed by atoms with Crippen molar-refractivity contribution >= 4 is 39.7 Å². The average Bonchev–Trinajstić information content (AvgIpc) is 3.16. The summed E-state index contributed by atoms with van der Waals surface area (Å²) in [5.41, 5.74) is 1.98. The molecule has 2 aliphatic heterocycles. The number of carbonyl (C=O) groups excluding carboxylic acids is 2. The normalized spacial score (nSPS) is 17.7. The summed E-state index contributed by atoms with van der Waals surface area (Å²) in [5, 5.41) is 16.5. The summed E-state index contributed by atoms with van der Waals surface area (Å²) in [6.07, 6.45) is 5.16. The minimum absolute atomic E-state index is 0.0842. The summed E-state index contributed by atoms with van der Waals surface area (Å²) in [6, 6.07) is 5.54. The highest BCUT2D eigenvalue weighted by molar-refractivity contribution is 7.17. The number of amides is 2. The van der Waals surface area contributed by atoms with Crippen LogP contribution in [0.2, 0.25) is 0 Å². The van der Waals surface area contributed by atoms with E-state index >= 15 is 0 Å². The zero-order chi connectivity index (χ0) is 23.6. The van der Waals surface area contributed by atoms with Crippen LogP contribution in [0.15, 0.2) is 30.4 Å². The number of allylic oxidation sites excluding steroid dienone is 1. The fourth-order valence-electron chi connectivity index (χ4n) is 4.09. The maximum absolute atomic E-state index is 12.5. The van der Waals surface area contributed by atoms with Crippen LogP contribution in [0.5, 0.6) is 5.75 Å². The molecule has 0 bridgehead atoms. The molecule has 1 unspecified atom stereocenters. The van der Waals surface area contributed by atoms with Crippen molar-refractivity contribution in [2.45, 2.75) is 58.1 Å². The van der Waals surface area contributed by atoms with Gasteiger partial charge in [0.1, 0.15) is 17.2 Å². The fraction of sp³-hybridized carbons (Fsp3) is 0.458. The molecule has 3 N–H and O–H groups in total. The van der Waals surface area contributed by atoms with E-state index in [0.29, 0.717) is 55.1 Å². The first kappa shape index (κ1) is 23.3. The Labute approximate surface area is 197 Å². The number of hydrogen-bond donors (Lipinski definition) is 3. The van der Waals surface area contributed by atoms with Crippen LogP contribution in [0.1, 0.15) is 55.4 Å². The summed E-state index contributed by atoms with van der Waals surface area (Å²) < 4.78 is 5.81. The van der Waals surface area contributed by atoms with Crippen molar-refractivity contribution in [3.8, 4) is 5.75 Å². The van der Waals surface area contributed by atoms with E-state index in [1.165, 1.54) is 11.3 Å². The second kappa shape index (κ2) is 9.52. The van der Waals surface area contributed by atoms with Crippen LogP contribution in [0.25, 0.3) is 0 Å². The van der Waals surface area contributed by atoms with Crippen LogP contribution in [0, 0.1) is 0 Å². The van der Waals surface area contributed by atoms with Gasteiger partial charge in [0.05, 0.1) is 24.0 Å². The molecule has 9 heteroatoms. The first-order valence-electron chi connectivity index (χ1n) is 11.2. The lowest BCUT2D eigenvalue weighted by molar-refractivity contribution is -0.116. The molecule has 0 fully saturated rings. The molecular formula is C24H30N4O4S. The Morgan fingerprint density at radius 3 is 3.06 bits per heavy atom. The molecule has 2 aliphatic rings. The Morgan fingerprint density at radius 2 is 2.27 bits per heavy atom. The van der Waals surface area contributed by atoms with Crippen molar-refractivity contribution in [3.05, 3.63) is 40.9 Å². The van der Waals surface area contributed by atoms with E-state index in [9.17, 15) is 14.7 Å². The van der Waals surface area contributed by atoms with Gasteiger partial charge in [0.25, 0.3) is 5.91 Å². The largest absolute Gasteiger partial charge is 0.490 e. The third kappa shape index (κ3) is 5.36. The van der Waals surface area contributed by atoms with Gasteiger partial charge in [-0.2, -0.15) is 0 Å². The molecule has 176 valence electrons. The van der Waals surface area contributed by atoms with Crippen molar-refractivity contribution in [1.29, 1.82) is 0 Å². The Kier molecular flexibility index (Phi) is 6.71. The van der Waals surface area contributed by atoms with Crippen molar-refractivity contribution < 1.29 is 19.4 Å². The molecular weight excluding hydrogens is 440 g/mol. The first-order chi connectivity index (χ1) is 15.8. The molecule has 0 saturated carbocycles. The molecule has 33 heavy (non-hydrogen) atoms. The Bertz CT molecular complexity index is 1080. The molecule has 1 aromatic carbocycles. The number of aromatic nitrogens is 1. The Hall–Kier alpha value is -2.91. The number of thiazole rings is 1. The average molecular weight is 471 g/mol. The lowest BCUT2D eigenvalue weighted by Crippen LogP contribution is -2.48. The van der Waals surface area contributed by atoms with E-state index in [1.54, 1.807) is 12.2 Å². The van der Waals surface area contributed by atoms with Crippen LogP contribution in [-0.4, -0.2) is 46.7 Å². The molecule has 0 radical (unpaired) electrons. The first-order valence-corrected chi connectivity index (χ1v) is 12.0. The molecule has 1 aromatic heterocycles. The highest BCUT2D eigenvalue weighted by Gasteiger charge is 2.34. The minimum Gasteiger partial charge on any atom is -0.490 e. The molecule has 2 amide bonds. The SMILES string of the molecule is C/C=C/C(O)CCCC(=O)Nc1ccc2c(c1)N(c1nc3c(s1)C(=O)NC(C)(C)C3)CCO2. The Balaban J connectivity index is 1.49. The molecule has 0 spiro atoms. The predicted octanol–water partition coefficient (Wildman–Crippen LogP) is 3.78.